The summed E-state index contributed by atoms with van der Waals surface area (Å²) in [7, 11) is 0. The highest BCUT2D eigenvalue weighted by molar-refractivity contribution is 5.70. The number of ether oxygens (including phenoxy) is 1. The molecule has 1 saturated carbocycles. The van der Waals surface area contributed by atoms with Crippen molar-refractivity contribution in [2.24, 2.45) is 11.8 Å². The average Bonchev–Trinajstić information content (AvgIpc) is 3.57. The normalized spacial score (nSPS) is 15.6. The van der Waals surface area contributed by atoms with Gasteiger partial charge in [0.2, 0.25) is 0 Å². The molecule has 1 aliphatic carbocycles. The molecule has 35 heavy (non-hydrogen) atoms. The number of rotatable bonds is 9. The number of carboxylic acids is 1. The topological polar surface area (TPSA) is 64.4 Å². The molecule has 2 unspecified atom stereocenters. The molecular formula is C27H29F3N2O3. The molecule has 0 saturated heterocycles. The second-order valence-corrected chi connectivity index (χ2v) is 9.30. The molecule has 0 amide bonds. The van der Waals surface area contributed by atoms with Crippen LogP contribution in [0.1, 0.15) is 60.2 Å². The summed E-state index contributed by atoms with van der Waals surface area (Å²) in [5.74, 6) is -0.201. The molecule has 1 aromatic heterocycles. The van der Waals surface area contributed by atoms with Gasteiger partial charge in [0, 0.05) is 12.1 Å². The van der Waals surface area contributed by atoms with Crippen molar-refractivity contribution in [3.63, 3.8) is 0 Å². The predicted octanol–water partition coefficient (Wildman–Crippen LogP) is 6.69. The van der Waals surface area contributed by atoms with Gasteiger partial charge in [-0.05, 0) is 92.6 Å². The molecule has 1 fully saturated rings. The van der Waals surface area contributed by atoms with Gasteiger partial charge in [0.15, 0.2) is 0 Å². The van der Waals surface area contributed by atoms with E-state index in [1.54, 1.807) is 4.68 Å². The molecule has 0 spiro atoms. The molecule has 8 heteroatoms. The lowest BCUT2D eigenvalue weighted by molar-refractivity contribution is -0.141. The van der Waals surface area contributed by atoms with Crippen LogP contribution in [0, 0.1) is 25.7 Å². The predicted molar refractivity (Wildman–Crippen MR) is 126 cm³/mol. The number of benzene rings is 2. The quantitative estimate of drug-likeness (QED) is 0.366. The smallest absolute Gasteiger partial charge is 0.416 e. The van der Waals surface area contributed by atoms with Crippen molar-refractivity contribution in [2.75, 3.05) is 0 Å². The lowest BCUT2D eigenvalue weighted by Gasteiger charge is -2.19. The zero-order valence-electron chi connectivity index (χ0n) is 20.0. The van der Waals surface area contributed by atoms with Crippen LogP contribution in [-0.2, 0) is 17.4 Å². The highest BCUT2D eigenvalue weighted by atomic mass is 19.4. The summed E-state index contributed by atoms with van der Waals surface area (Å²) < 4.78 is 46.7. The number of aliphatic carboxylic acids is 1. The fraction of sp³-hybridized carbons (Fsp3) is 0.407. The molecule has 2 atom stereocenters. The van der Waals surface area contributed by atoms with Gasteiger partial charge in [0.1, 0.15) is 17.5 Å². The summed E-state index contributed by atoms with van der Waals surface area (Å²) in [6.07, 6.45) is 0.238. The van der Waals surface area contributed by atoms with Crippen LogP contribution >= 0.6 is 0 Å². The zero-order chi connectivity index (χ0) is 25.3. The fourth-order valence-corrected chi connectivity index (χ4v) is 4.25. The third-order valence-electron chi connectivity index (χ3n) is 6.60. The summed E-state index contributed by atoms with van der Waals surface area (Å²) in [6.45, 7) is 5.75. The number of halogens is 3. The minimum Gasteiger partial charge on any atom is -0.484 e. The third-order valence-corrected chi connectivity index (χ3v) is 6.60. The first-order chi connectivity index (χ1) is 16.6. The molecule has 186 valence electrons. The van der Waals surface area contributed by atoms with Crippen LogP contribution in [0.25, 0.3) is 5.69 Å². The lowest BCUT2D eigenvalue weighted by atomic mass is 9.94. The zero-order valence-corrected chi connectivity index (χ0v) is 20.0. The van der Waals surface area contributed by atoms with Gasteiger partial charge < -0.3 is 9.84 Å². The number of hydrogen-bond donors (Lipinski definition) is 1. The van der Waals surface area contributed by atoms with Gasteiger partial charge in [-0.25, -0.2) is 4.68 Å². The molecule has 5 nitrogen and oxygen atoms in total. The average molecular weight is 487 g/mol. The number of hydrogen-bond acceptors (Lipinski definition) is 3. The van der Waals surface area contributed by atoms with E-state index in [4.69, 9.17) is 4.74 Å². The maximum atomic E-state index is 12.9. The summed E-state index contributed by atoms with van der Waals surface area (Å²) in [4.78, 5) is 11.4. The van der Waals surface area contributed by atoms with Gasteiger partial charge in [-0.2, -0.15) is 18.3 Å². The Morgan fingerprint density at radius 2 is 1.83 bits per heavy atom. The lowest BCUT2D eigenvalue weighted by Crippen LogP contribution is -2.16. The first-order valence-electron chi connectivity index (χ1n) is 11.8. The Balaban J connectivity index is 1.55. The molecule has 2 aromatic carbocycles. The third kappa shape index (κ3) is 5.69. The van der Waals surface area contributed by atoms with Crippen molar-refractivity contribution in [1.29, 1.82) is 0 Å². The molecule has 1 aliphatic rings. The van der Waals surface area contributed by atoms with Gasteiger partial charge in [-0.3, -0.25) is 4.79 Å². The number of carboxylic acid groups (broad SMARTS) is 1. The van der Waals surface area contributed by atoms with E-state index in [1.165, 1.54) is 12.1 Å². The van der Waals surface area contributed by atoms with Crippen LogP contribution in [0.5, 0.6) is 5.75 Å². The fourth-order valence-electron chi connectivity index (χ4n) is 4.25. The van der Waals surface area contributed by atoms with Crippen molar-refractivity contribution in [3.8, 4) is 11.4 Å². The molecule has 4 rings (SSSR count). The minimum absolute atomic E-state index is 0.265. The van der Waals surface area contributed by atoms with Gasteiger partial charge in [-0.15, -0.1) is 0 Å². The minimum atomic E-state index is -4.38. The largest absolute Gasteiger partial charge is 0.484 e. The monoisotopic (exact) mass is 486 g/mol. The van der Waals surface area contributed by atoms with Crippen LogP contribution in [0.15, 0.2) is 48.7 Å². The number of alkyl halides is 3. The van der Waals surface area contributed by atoms with Crippen LogP contribution < -0.4 is 4.74 Å². The van der Waals surface area contributed by atoms with Crippen LogP contribution in [0.3, 0.4) is 0 Å². The van der Waals surface area contributed by atoms with Crippen LogP contribution in [0.4, 0.5) is 13.2 Å². The summed E-state index contributed by atoms with van der Waals surface area (Å²) in [5.41, 5.74) is 3.48. The van der Waals surface area contributed by atoms with E-state index in [9.17, 15) is 23.1 Å². The van der Waals surface area contributed by atoms with Gasteiger partial charge >= 0.3 is 12.1 Å². The standard InChI is InChI=1S/C27H29F3N2O3/c1-4-18(26(33)34)14-20-7-12-23(13-16(20)2)35-25(19-5-6-19)24-17(3)15-32(31-24)22-10-8-21(9-11-22)27(28,29)30/h7-13,15,18-19,25H,4-6,14H2,1-3H3,(H,33,34). The van der Waals surface area contributed by atoms with E-state index in [2.05, 4.69) is 5.10 Å². The Morgan fingerprint density at radius 3 is 2.37 bits per heavy atom. The van der Waals surface area contributed by atoms with E-state index >= 15 is 0 Å². The summed E-state index contributed by atoms with van der Waals surface area (Å²) >= 11 is 0. The Kier molecular flexibility index (Phi) is 6.92. The Hall–Kier alpha value is -3.29. The second kappa shape index (κ2) is 9.76. The van der Waals surface area contributed by atoms with Crippen LogP contribution in [-0.4, -0.2) is 20.9 Å². The number of aromatic nitrogens is 2. The van der Waals surface area contributed by atoms with Crippen molar-refractivity contribution in [2.45, 2.75) is 58.7 Å². The maximum absolute atomic E-state index is 12.9. The van der Waals surface area contributed by atoms with Gasteiger partial charge in [0.25, 0.3) is 0 Å². The van der Waals surface area contributed by atoms with Gasteiger partial charge in [-0.1, -0.05) is 13.0 Å². The van der Waals surface area contributed by atoms with Gasteiger partial charge in [0.05, 0.1) is 17.2 Å². The summed E-state index contributed by atoms with van der Waals surface area (Å²) in [5, 5.41) is 14.1. The second-order valence-electron chi connectivity index (χ2n) is 9.30. The molecule has 0 bridgehead atoms. The highest BCUT2D eigenvalue weighted by Gasteiger charge is 2.37. The molecular weight excluding hydrogens is 457 g/mol. The molecule has 0 aliphatic heterocycles. The molecule has 1 N–H and O–H groups in total. The number of carbonyl (C=O) groups is 1. The van der Waals surface area contributed by atoms with E-state index < -0.39 is 23.6 Å². The van der Waals surface area contributed by atoms with E-state index in [-0.39, 0.29) is 6.10 Å². The van der Waals surface area contributed by atoms with Crippen molar-refractivity contribution >= 4 is 5.97 Å². The Morgan fingerprint density at radius 1 is 1.14 bits per heavy atom. The number of nitrogens with zero attached hydrogens (tertiary/aromatic N) is 2. The molecule has 1 heterocycles. The summed E-state index contributed by atoms with van der Waals surface area (Å²) in [6, 6.07) is 10.7. The Bertz CT molecular complexity index is 1200. The first kappa shape index (κ1) is 24.8. The molecule has 3 aromatic rings. The maximum Gasteiger partial charge on any atom is 0.416 e. The van der Waals surface area contributed by atoms with E-state index in [0.29, 0.717) is 30.2 Å². The van der Waals surface area contributed by atoms with Crippen molar-refractivity contribution in [3.05, 3.63) is 76.6 Å². The number of aryl methyl sites for hydroxylation is 2. The highest BCUT2D eigenvalue weighted by Crippen LogP contribution is 2.44. The van der Waals surface area contributed by atoms with Crippen LogP contribution in [0.2, 0.25) is 0 Å². The Labute approximate surface area is 202 Å². The van der Waals surface area contributed by atoms with E-state index in [1.807, 2.05) is 45.2 Å². The first-order valence-corrected chi connectivity index (χ1v) is 11.8. The SMILES string of the molecule is CCC(Cc1ccc(OC(c2nn(-c3ccc(C(F)(F)F)cc3)cc2C)C2CC2)cc1C)C(=O)O. The van der Waals surface area contributed by atoms with Crippen molar-refractivity contribution < 1.29 is 27.8 Å². The molecule has 0 radical (unpaired) electrons. The van der Waals surface area contributed by atoms with Crippen molar-refractivity contribution in [1.82, 2.24) is 9.78 Å². The van der Waals surface area contributed by atoms with E-state index in [0.717, 1.165) is 47.4 Å².